The number of benzene rings is 2. The van der Waals surface area contributed by atoms with Gasteiger partial charge >= 0.3 is 18.2 Å². The van der Waals surface area contributed by atoms with Crippen molar-refractivity contribution in [2.75, 3.05) is 18.4 Å². The van der Waals surface area contributed by atoms with Crippen molar-refractivity contribution in [2.24, 2.45) is 11.7 Å². The van der Waals surface area contributed by atoms with Gasteiger partial charge < -0.3 is 46.5 Å². The van der Waals surface area contributed by atoms with Crippen molar-refractivity contribution in [1.82, 2.24) is 26.2 Å². The highest BCUT2D eigenvalue weighted by Gasteiger charge is 2.32. The summed E-state index contributed by atoms with van der Waals surface area (Å²) in [5.41, 5.74) is 5.01. The molecular formula is C44H58N8O14. The number of primary amides is 1. The van der Waals surface area contributed by atoms with Crippen molar-refractivity contribution in [1.29, 1.82) is 0 Å². The van der Waals surface area contributed by atoms with Gasteiger partial charge in [0.05, 0.1) is 4.92 Å². The predicted octanol–water partition coefficient (Wildman–Crippen LogP) is 3.42. The average molecular weight is 923 g/mol. The molecule has 66 heavy (non-hydrogen) atoms. The van der Waals surface area contributed by atoms with Crippen molar-refractivity contribution < 1.29 is 62.3 Å². The average Bonchev–Trinajstić information content (AvgIpc) is 3.56. The first-order chi connectivity index (χ1) is 31.1. The van der Waals surface area contributed by atoms with Gasteiger partial charge in [-0.2, -0.15) is 0 Å². The lowest BCUT2D eigenvalue weighted by Gasteiger charge is -2.27. The molecule has 358 valence electrons. The molecule has 1 aliphatic heterocycles. The quantitative estimate of drug-likeness (QED) is 0.0208. The van der Waals surface area contributed by atoms with Gasteiger partial charge in [-0.3, -0.25) is 48.6 Å². The van der Waals surface area contributed by atoms with Crippen LogP contribution in [0, 0.1) is 16.0 Å². The zero-order chi connectivity index (χ0) is 49.0. The molecule has 22 heteroatoms. The molecule has 3 atom stereocenters. The molecule has 0 radical (unpaired) electrons. The molecule has 0 saturated carbocycles. The molecule has 2 aromatic rings. The maximum Gasteiger partial charge on any atom is 0.514 e. The van der Waals surface area contributed by atoms with E-state index in [0.717, 1.165) is 4.90 Å². The fraction of sp³-hybridized carbons (Fsp3) is 0.477. The molecule has 1 unspecified atom stereocenters. The van der Waals surface area contributed by atoms with E-state index in [1.165, 1.54) is 48.6 Å². The number of carbonyl (C=O) groups excluding carboxylic acids is 9. The minimum Gasteiger partial charge on any atom is -0.460 e. The van der Waals surface area contributed by atoms with E-state index in [2.05, 4.69) is 26.6 Å². The summed E-state index contributed by atoms with van der Waals surface area (Å²) in [5.74, 6) is -4.59. The molecule has 7 N–H and O–H groups in total. The lowest BCUT2D eigenvalue weighted by Crippen LogP contribution is -2.58. The normalized spacial score (nSPS) is 13.5. The molecule has 2 aromatic carbocycles. The Labute approximate surface area is 381 Å². The van der Waals surface area contributed by atoms with Gasteiger partial charge in [0.15, 0.2) is 0 Å². The third-order valence-electron chi connectivity index (χ3n) is 9.57. The zero-order valence-electron chi connectivity index (χ0n) is 37.5. The molecule has 1 heterocycles. The number of anilines is 1. The Hall–Kier alpha value is -7.39. The van der Waals surface area contributed by atoms with Crippen LogP contribution in [-0.2, 0) is 49.6 Å². The fourth-order valence-electron chi connectivity index (χ4n) is 6.23. The number of ether oxygens (including phenoxy) is 3. The van der Waals surface area contributed by atoms with Crippen molar-refractivity contribution in [3.8, 4) is 5.75 Å². The van der Waals surface area contributed by atoms with Crippen LogP contribution in [-0.4, -0.2) is 100 Å². The number of hydrogen-bond donors (Lipinski definition) is 6. The first kappa shape index (κ1) is 53.0. The molecule has 0 saturated heterocycles. The van der Waals surface area contributed by atoms with Gasteiger partial charge in [-0.1, -0.05) is 32.4 Å². The Morgan fingerprint density at radius 2 is 1.41 bits per heavy atom. The second-order valence-corrected chi connectivity index (χ2v) is 16.5. The Bertz CT molecular complexity index is 2080. The number of nitrogens with one attached hydrogen (secondary N) is 5. The molecular weight excluding hydrogens is 865 g/mol. The molecule has 3 rings (SSSR count). The van der Waals surface area contributed by atoms with Crippen molar-refractivity contribution in [2.45, 2.75) is 116 Å². The highest BCUT2D eigenvalue weighted by molar-refractivity contribution is 6.12. The Morgan fingerprint density at radius 1 is 0.773 bits per heavy atom. The maximum atomic E-state index is 13.9. The van der Waals surface area contributed by atoms with Crippen molar-refractivity contribution >= 4 is 65.0 Å². The smallest absolute Gasteiger partial charge is 0.460 e. The van der Waals surface area contributed by atoms with Gasteiger partial charge in [0.25, 0.3) is 17.5 Å². The van der Waals surface area contributed by atoms with Crippen LogP contribution in [0.4, 0.5) is 21.0 Å². The number of imide groups is 1. The van der Waals surface area contributed by atoms with Crippen LogP contribution in [0.15, 0.2) is 60.7 Å². The summed E-state index contributed by atoms with van der Waals surface area (Å²) in [4.78, 5) is 125. The fourth-order valence-corrected chi connectivity index (χ4v) is 6.23. The van der Waals surface area contributed by atoms with E-state index in [1.54, 1.807) is 46.8 Å². The molecule has 0 aliphatic carbocycles. The largest absolute Gasteiger partial charge is 0.514 e. The van der Waals surface area contributed by atoms with Gasteiger partial charge in [0, 0.05) is 55.9 Å². The first-order valence-electron chi connectivity index (χ1n) is 21.3. The summed E-state index contributed by atoms with van der Waals surface area (Å²) in [6.07, 6.45) is 2.45. The predicted molar refractivity (Wildman–Crippen MR) is 236 cm³/mol. The zero-order valence-corrected chi connectivity index (χ0v) is 37.5. The number of non-ortho nitro benzene ring substituents is 1. The lowest BCUT2D eigenvalue weighted by molar-refractivity contribution is -0.384. The third-order valence-corrected chi connectivity index (χ3v) is 9.57. The van der Waals surface area contributed by atoms with Crippen LogP contribution in [0.3, 0.4) is 0 Å². The van der Waals surface area contributed by atoms with Gasteiger partial charge in [0.2, 0.25) is 23.6 Å². The van der Waals surface area contributed by atoms with Crippen LogP contribution in [0.5, 0.6) is 5.75 Å². The van der Waals surface area contributed by atoms with Gasteiger partial charge in [-0.05, 0) is 88.6 Å². The third kappa shape index (κ3) is 19.2. The highest BCUT2D eigenvalue weighted by atomic mass is 16.7. The van der Waals surface area contributed by atoms with Gasteiger partial charge in [0.1, 0.15) is 36.1 Å². The highest BCUT2D eigenvalue weighted by Crippen LogP contribution is 2.19. The number of nitrogens with zero attached hydrogens (tertiary/aromatic N) is 2. The molecule has 0 fully saturated rings. The number of unbranched alkanes of at least 4 members (excludes halogenated alkanes) is 2. The van der Waals surface area contributed by atoms with Crippen LogP contribution in [0.1, 0.15) is 91.5 Å². The Kier molecular flexibility index (Phi) is 20.7. The van der Waals surface area contributed by atoms with E-state index in [9.17, 15) is 53.3 Å². The second kappa shape index (κ2) is 25.8. The van der Waals surface area contributed by atoms with E-state index in [-0.39, 0.29) is 63.2 Å². The van der Waals surface area contributed by atoms with Crippen LogP contribution < -0.4 is 37.1 Å². The first-order valence-corrected chi connectivity index (χ1v) is 21.3. The SMILES string of the molecule is CC(C)[C@H](NC(=O)[C@H](CCC(=O)OC(C)(C)C)NC(=O)CCCCCN1C(=O)C=CC1=O)C(=O)NC(CCCNC(N)=O)C(=O)Nc1ccc(COC(=O)Oc2ccc([N+](=O)[O-])cc2)cc1. The van der Waals surface area contributed by atoms with E-state index in [1.807, 2.05) is 0 Å². The molecule has 1 aliphatic rings. The lowest BCUT2D eigenvalue weighted by atomic mass is 10.0. The molecule has 0 aromatic heterocycles. The number of amides is 8. The van der Waals surface area contributed by atoms with E-state index >= 15 is 0 Å². The number of esters is 1. The number of nitro benzene ring substituents is 1. The topological polar surface area (TPSA) is 314 Å². The van der Waals surface area contributed by atoms with Crippen LogP contribution in [0.25, 0.3) is 0 Å². The van der Waals surface area contributed by atoms with E-state index in [4.69, 9.17) is 19.9 Å². The van der Waals surface area contributed by atoms with Crippen molar-refractivity contribution in [3.05, 3.63) is 76.4 Å². The summed E-state index contributed by atoms with van der Waals surface area (Å²) in [6.45, 7) is 8.41. The summed E-state index contributed by atoms with van der Waals surface area (Å²) < 4.78 is 15.5. The minimum absolute atomic E-state index is 0.0108. The van der Waals surface area contributed by atoms with Gasteiger partial charge in [-0.15, -0.1) is 0 Å². The number of carbonyl (C=O) groups is 9. The van der Waals surface area contributed by atoms with Gasteiger partial charge in [-0.25, -0.2) is 9.59 Å². The number of hydrogen-bond acceptors (Lipinski definition) is 14. The monoisotopic (exact) mass is 922 g/mol. The summed E-state index contributed by atoms with van der Waals surface area (Å²) in [5, 5.41) is 24.0. The molecule has 0 bridgehead atoms. The Morgan fingerprint density at radius 3 is 2.00 bits per heavy atom. The number of nitro groups is 1. The minimum atomic E-state index is -1.27. The number of urea groups is 1. The van der Waals surface area contributed by atoms with E-state index in [0.29, 0.717) is 30.5 Å². The summed E-state index contributed by atoms with van der Waals surface area (Å²) >= 11 is 0. The standard InChI is InChI=1S/C44H58N8O14/c1-27(2)38(50-40(58)33(20-23-37(56)66-44(3,4)5)48-34(53)11-7-6-8-25-51-35(54)21-22-36(51)55)41(59)49-32(10-9-24-46-42(45)60)39(57)47-29-14-12-28(13-15-29)26-64-43(61)65-31-18-16-30(17-19-31)52(62)63/h12-19,21-22,27,32-33,38H,6-11,20,23-26H2,1-5H3,(H,47,57)(H,48,53)(H,49,59)(H,50,58)(H3,45,46,60)/t32?,33-,38-/m0/s1. The van der Waals surface area contributed by atoms with Crippen LogP contribution in [0.2, 0.25) is 0 Å². The number of nitrogens with two attached hydrogens (primary N) is 1. The van der Waals surface area contributed by atoms with Crippen molar-refractivity contribution in [3.63, 3.8) is 0 Å². The summed E-state index contributed by atoms with van der Waals surface area (Å²) in [7, 11) is 0. The molecule has 0 spiro atoms. The summed E-state index contributed by atoms with van der Waals surface area (Å²) in [6, 6.07) is 6.50. The van der Waals surface area contributed by atoms with Crippen LogP contribution >= 0.6 is 0 Å². The Balaban J connectivity index is 1.65. The number of rotatable bonds is 25. The maximum absolute atomic E-state index is 13.9. The second-order valence-electron chi connectivity index (χ2n) is 16.5. The molecule has 8 amide bonds. The van der Waals surface area contributed by atoms with E-state index < -0.39 is 88.2 Å². The molecule has 22 nitrogen and oxygen atoms in total.